The first-order chi connectivity index (χ1) is 10.7. The van der Waals surface area contributed by atoms with Gasteiger partial charge in [-0.2, -0.15) is 0 Å². The summed E-state index contributed by atoms with van der Waals surface area (Å²) in [7, 11) is 0. The molecule has 0 aromatic carbocycles. The summed E-state index contributed by atoms with van der Waals surface area (Å²) in [4.78, 5) is 11.8. The molecule has 1 heterocycles. The maximum atomic E-state index is 11.8. The van der Waals surface area contributed by atoms with Crippen LogP contribution in [0.4, 0.5) is 0 Å². The van der Waals surface area contributed by atoms with Gasteiger partial charge in [0.05, 0.1) is 0 Å². The lowest BCUT2D eigenvalue weighted by Crippen LogP contribution is -2.29. The summed E-state index contributed by atoms with van der Waals surface area (Å²) in [5.41, 5.74) is 0. The Morgan fingerprint density at radius 2 is 1.55 bits per heavy atom. The molecule has 0 radical (unpaired) electrons. The zero-order valence-corrected chi connectivity index (χ0v) is 14.8. The molecule has 0 aromatic heterocycles. The molecule has 0 aromatic rings. The smallest absolute Gasteiger partial charge is 0.306 e. The average molecular weight is 312 g/mol. The van der Waals surface area contributed by atoms with Gasteiger partial charge in [0.1, 0.15) is 6.10 Å². The zero-order valence-electron chi connectivity index (χ0n) is 14.8. The molecular weight excluding hydrogens is 276 g/mol. The fourth-order valence-corrected chi connectivity index (χ4v) is 3.13. The Hall–Kier alpha value is -0.570. The van der Waals surface area contributed by atoms with Gasteiger partial charge in [0, 0.05) is 25.6 Å². The minimum Gasteiger partial charge on any atom is -0.462 e. The number of unbranched alkanes of at least 4 members (excludes halogenated alkanes) is 8. The van der Waals surface area contributed by atoms with Crippen molar-refractivity contribution >= 4 is 5.97 Å². The van der Waals surface area contributed by atoms with Gasteiger partial charge in [-0.1, -0.05) is 58.3 Å². The molecule has 3 nitrogen and oxygen atoms in total. The van der Waals surface area contributed by atoms with Crippen LogP contribution in [-0.4, -0.2) is 25.3 Å². The largest absolute Gasteiger partial charge is 0.462 e. The topological polar surface area (TPSA) is 35.5 Å². The lowest BCUT2D eigenvalue weighted by Gasteiger charge is -2.27. The van der Waals surface area contributed by atoms with Crippen molar-refractivity contribution in [2.75, 3.05) is 13.2 Å². The molecule has 1 unspecified atom stereocenters. The fourth-order valence-electron chi connectivity index (χ4n) is 3.13. The van der Waals surface area contributed by atoms with Crippen LogP contribution in [0.2, 0.25) is 0 Å². The molecule has 1 saturated heterocycles. The molecule has 0 bridgehead atoms. The lowest BCUT2D eigenvalue weighted by atomic mass is 9.95. The molecule has 1 rings (SSSR count). The van der Waals surface area contributed by atoms with E-state index in [9.17, 15) is 4.79 Å². The minimum atomic E-state index is -0.0121. The van der Waals surface area contributed by atoms with Gasteiger partial charge in [-0.15, -0.1) is 0 Å². The van der Waals surface area contributed by atoms with E-state index in [4.69, 9.17) is 9.47 Å². The van der Waals surface area contributed by atoms with Gasteiger partial charge in [-0.25, -0.2) is 0 Å². The average Bonchev–Trinajstić information content (AvgIpc) is 2.54. The van der Waals surface area contributed by atoms with Gasteiger partial charge in [-0.3, -0.25) is 4.79 Å². The predicted octanol–water partition coefficient (Wildman–Crippen LogP) is 5.27. The molecular formula is C19H36O3. The van der Waals surface area contributed by atoms with Crippen molar-refractivity contribution in [3.63, 3.8) is 0 Å². The lowest BCUT2D eigenvalue weighted by molar-refractivity contribution is -0.152. The van der Waals surface area contributed by atoms with Gasteiger partial charge in [0.15, 0.2) is 0 Å². The highest BCUT2D eigenvalue weighted by Gasteiger charge is 2.23. The number of rotatable bonds is 12. The van der Waals surface area contributed by atoms with Crippen LogP contribution < -0.4 is 0 Å². The maximum Gasteiger partial charge on any atom is 0.306 e. The monoisotopic (exact) mass is 312 g/mol. The van der Waals surface area contributed by atoms with E-state index in [2.05, 4.69) is 6.92 Å². The summed E-state index contributed by atoms with van der Waals surface area (Å²) in [5.74, 6) is 0.475. The van der Waals surface area contributed by atoms with Crippen LogP contribution in [0.1, 0.15) is 90.9 Å². The van der Waals surface area contributed by atoms with Crippen LogP contribution in [0.25, 0.3) is 0 Å². The fraction of sp³-hybridized carbons (Fsp3) is 0.947. The Bertz CT molecular complexity index is 272. The van der Waals surface area contributed by atoms with E-state index in [0.717, 1.165) is 38.9 Å². The second-order valence-electron chi connectivity index (χ2n) is 6.72. The van der Waals surface area contributed by atoms with Crippen molar-refractivity contribution in [3.05, 3.63) is 0 Å². The van der Waals surface area contributed by atoms with E-state index < -0.39 is 0 Å². The SMILES string of the molecule is CCCCCCCCCCCC(=O)OC(C)C1CCOCC1. The first-order valence-corrected chi connectivity index (χ1v) is 9.51. The summed E-state index contributed by atoms with van der Waals surface area (Å²) >= 11 is 0. The van der Waals surface area contributed by atoms with Gasteiger partial charge < -0.3 is 9.47 Å². The van der Waals surface area contributed by atoms with Crippen LogP contribution in [-0.2, 0) is 14.3 Å². The Kier molecular flexibility index (Phi) is 11.4. The van der Waals surface area contributed by atoms with Crippen LogP contribution in [0.15, 0.2) is 0 Å². The summed E-state index contributed by atoms with van der Waals surface area (Å²) in [5, 5.41) is 0. The number of carbonyl (C=O) groups excluding carboxylic acids is 1. The Morgan fingerprint density at radius 1 is 1.00 bits per heavy atom. The van der Waals surface area contributed by atoms with Crippen molar-refractivity contribution in [3.8, 4) is 0 Å². The molecule has 3 heteroatoms. The molecule has 0 saturated carbocycles. The number of ether oxygens (including phenoxy) is 2. The van der Waals surface area contributed by atoms with Crippen molar-refractivity contribution in [1.82, 2.24) is 0 Å². The maximum absolute atomic E-state index is 11.8. The van der Waals surface area contributed by atoms with Crippen molar-refractivity contribution in [2.45, 2.75) is 97.0 Å². The molecule has 22 heavy (non-hydrogen) atoms. The van der Waals surface area contributed by atoms with Crippen LogP contribution in [0.3, 0.4) is 0 Å². The van der Waals surface area contributed by atoms with E-state index in [-0.39, 0.29) is 12.1 Å². The summed E-state index contributed by atoms with van der Waals surface area (Å²) in [6.07, 6.45) is 14.2. The molecule has 1 atom stereocenters. The van der Waals surface area contributed by atoms with Gasteiger partial charge in [-0.05, 0) is 26.2 Å². The van der Waals surface area contributed by atoms with E-state index in [1.54, 1.807) is 0 Å². The third-order valence-electron chi connectivity index (χ3n) is 4.73. The summed E-state index contributed by atoms with van der Waals surface area (Å²) < 4.78 is 10.9. The summed E-state index contributed by atoms with van der Waals surface area (Å²) in [6.45, 7) is 5.90. The number of esters is 1. The predicted molar refractivity (Wildman–Crippen MR) is 90.9 cm³/mol. The molecule has 1 fully saturated rings. The van der Waals surface area contributed by atoms with E-state index in [1.165, 1.54) is 44.9 Å². The van der Waals surface area contributed by atoms with Gasteiger partial charge >= 0.3 is 5.97 Å². The first-order valence-electron chi connectivity index (χ1n) is 9.51. The normalized spacial score (nSPS) is 17.4. The minimum absolute atomic E-state index is 0.0121. The highest BCUT2D eigenvalue weighted by molar-refractivity contribution is 5.69. The summed E-state index contributed by atoms with van der Waals surface area (Å²) in [6, 6.07) is 0. The van der Waals surface area contributed by atoms with Crippen LogP contribution in [0, 0.1) is 5.92 Å². The highest BCUT2D eigenvalue weighted by atomic mass is 16.5. The molecule has 1 aliphatic heterocycles. The molecule has 0 aliphatic carbocycles. The Balaban J connectivity index is 1.92. The van der Waals surface area contributed by atoms with Crippen LogP contribution >= 0.6 is 0 Å². The van der Waals surface area contributed by atoms with E-state index in [0.29, 0.717) is 12.3 Å². The van der Waals surface area contributed by atoms with Crippen molar-refractivity contribution in [1.29, 1.82) is 0 Å². The van der Waals surface area contributed by atoms with E-state index in [1.807, 2.05) is 6.92 Å². The van der Waals surface area contributed by atoms with Crippen molar-refractivity contribution < 1.29 is 14.3 Å². The van der Waals surface area contributed by atoms with Crippen molar-refractivity contribution in [2.24, 2.45) is 5.92 Å². The Labute approximate surface area is 137 Å². The van der Waals surface area contributed by atoms with Gasteiger partial charge in [0.2, 0.25) is 0 Å². The second kappa shape index (κ2) is 12.9. The number of hydrogen-bond acceptors (Lipinski definition) is 3. The number of carbonyl (C=O) groups is 1. The highest BCUT2D eigenvalue weighted by Crippen LogP contribution is 2.21. The second-order valence-corrected chi connectivity index (χ2v) is 6.72. The molecule has 130 valence electrons. The standard InChI is InChI=1S/C19H36O3/c1-3-4-5-6-7-8-9-10-11-12-19(20)22-17(2)18-13-15-21-16-14-18/h17-18H,3-16H2,1-2H3. The third kappa shape index (κ3) is 9.45. The Morgan fingerprint density at radius 3 is 2.14 bits per heavy atom. The molecule has 0 spiro atoms. The first kappa shape index (κ1) is 19.5. The quantitative estimate of drug-likeness (QED) is 0.364. The zero-order chi connectivity index (χ0) is 16.0. The molecule has 0 amide bonds. The molecule has 0 N–H and O–H groups in total. The van der Waals surface area contributed by atoms with E-state index >= 15 is 0 Å². The number of hydrogen-bond donors (Lipinski definition) is 0. The third-order valence-corrected chi connectivity index (χ3v) is 4.73. The molecule has 1 aliphatic rings. The van der Waals surface area contributed by atoms with Crippen LogP contribution in [0.5, 0.6) is 0 Å². The van der Waals surface area contributed by atoms with Gasteiger partial charge in [0.25, 0.3) is 0 Å².